The predicted octanol–water partition coefficient (Wildman–Crippen LogP) is 7.14. The standard InChI is InChI=1S/C24H46O2S.Sn.2H/c1-4-7-9-10-11-12-13-14-15-16-17-18-19-20-21-24(27,6-3)23(25)26-22-8-5-2;;;/h14-15,27H,4-13,16-22H2,1-3H3;;;/b15-14-;;;. The summed E-state index contributed by atoms with van der Waals surface area (Å²) in [5.41, 5.74) is 0. The predicted molar refractivity (Wildman–Crippen MR) is 131 cm³/mol. The molecule has 0 spiro atoms. The second kappa shape index (κ2) is 22.1. The number of thiol groups is 1. The Morgan fingerprint density at radius 1 is 0.786 bits per heavy atom. The van der Waals surface area contributed by atoms with Crippen molar-refractivity contribution >= 4 is 42.5 Å². The molecule has 0 amide bonds. The number of allylic oxidation sites excluding steroid dienone is 2. The van der Waals surface area contributed by atoms with Crippen molar-refractivity contribution in [2.24, 2.45) is 0 Å². The van der Waals surface area contributed by atoms with E-state index < -0.39 is 4.75 Å². The van der Waals surface area contributed by atoms with Gasteiger partial charge in [-0.2, -0.15) is 12.6 Å². The number of carbonyl (C=O) groups is 1. The van der Waals surface area contributed by atoms with Crippen LogP contribution in [0.3, 0.4) is 0 Å². The van der Waals surface area contributed by atoms with Gasteiger partial charge in [0.2, 0.25) is 0 Å². The molecular formula is C24H48O2SSn. The van der Waals surface area contributed by atoms with Crippen molar-refractivity contribution < 1.29 is 9.53 Å². The van der Waals surface area contributed by atoms with Gasteiger partial charge in [0.15, 0.2) is 0 Å². The van der Waals surface area contributed by atoms with Gasteiger partial charge >= 0.3 is 29.9 Å². The van der Waals surface area contributed by atoms with E-state index in [1.807, 2.05) is 6.92 Å². The van der Waals surface area contributed by atoms with Gasteiger partial charge in [0, 0.05) is 0 Å². The fourth-order valence-corrected chi connectivity index (χ4v) is 3.40. The third-order valence-electron chi connectivity index (χ3n) is 5.30. The number of hydrogen-bond acceptors (Lipinski definition) is 3. The van der Waals surface area contributed by atoms with Gasteiger partial charge in [-0.15, -0.1) is 0 Å². The molecular weight excluding hydrogens is 471 g/mol. The SMILES string of the molecule is CCCCCCCC/C=C\CCCCCCC(S)(CC)C(=O)OCCCC.[SnH2]. The van der Waals surface area contributed by atoms with Crippen molar-refractivity contribution in [3.05, 3.63) is 12.2 Å². The van der Waals surface area contributed by atoms with Crippen LogP contribution < -0.4 is 0 Å². The molecule has 2 nitrogen and oxygen atoms in total. The van der Waals surface area contributed by atoms with Crippen LogP contribution in [0.5, 0.6) is 0 Å². The average Bonchev–Trinajstić information content (AvgIpc) is 2.68. The van der Waals surface area contributed by atoms with Crippen LogP contribution in [0.25, 0.3) is 0 Å². The number of esters is 1. The summed E-state index contributed by atoms with van der Waals surface area (Å²) in [6.45, 7) is 6.93. The summed E-state index contributed by atoms with van der Waals surface area (Å²) in [5, 5.41) is 0. The Morgan fingerprint density at radius 2 is 1.29 bits per heavy atom. The third-order valence-corrected chi connectivity index (χ3v) is 6.02. The number of hydrogen-bond donors (Lipinski definition) is 1. The Kier molecular flexibility index (Phi) is 24.1. The van der Waals surface area contributed by atoms with Crippen LogP contribution in [-0.2, 0) is 9.53 Å². The van der Waals surface area contributed by atoms with Gasteiger partial charge in [-0.1, -0.05) is 90.7 Å². The van der Waals surface area contributed by atoms with Crippen LogP contribution in [0.4, 0.5) is 0 Å². The molecule has 166 valence electrons. The zero-order valence-electron chi connectivity index (χ0n) is 19.1. The molecule has 0 aliphatic rings. The molecule has 0 aromatic carbocycles. The molecule has 2 radical (unpaired) electrons. The van der Waals surface area contributed by atoms with Crippen molar-refractivity contribution in [1.82, 2.24) is 0 Å². The Hall–Kier alpha value is 0.359. The van der Waals surface area contributed by atoms with Crippen LogP contribution in [-0.4, -0.2) is 41.2 Å². The first-order valence-electron chi connectivity index (χ1n) is 11.6. The normalized spacial score (nSPS) is 13.3. The van der Waals surface area contributed by atoms with Crippen LogP contribution in [0, 0.1) is 0 Å². The molecule has 0 aliphatic carbocycles. The summed E-state index contributed by atoms with van der Waals surface area (Å²) >= 11 is 4.65. The molecule has 0 saturated carbocycles. The van der Waals surface area contributed by atoms with E-state index >= 15 is 0 Å². The first-order valence-corrected chi connectivity index (χ1v) is 12.1. The Morgan fingerprint density at radius 3 is 1.82 bits per heavy atom. The van der Waals surface area contributed by atoms with E-state index in [0.29, 0.717) is 6.61 Å². The Labute approximate surface area is 198 Å². The molecule has 4 heteroatoms. The fraction of sp³-hybridized carbons (Fsp3) is 0.875. The fourth-order valence-electron chi connectivity index (χ4n) is 3.18. The van der Waals surface area contributed by atoms with Crippen LogP contribution in [0.1, 0.15) is 124 Å². The minimum atomic E-state index is -0.592. The van der Waals surface area contributed by atoms with Crippen molar-refractivity contribution in [3.63, 3.8) is 0 Å². The first kappa shape index (κ1) is 30.6. The summed E-state index contributed by atoms with van der Waals surface area (Å²) in [7, 11) is 0. The molecule has 0 N–H and O–H groups in total. The summed E-state index contributed by atoms with van der Waals surface area (Å²) in [5.74, 6) is -0.126. The summed E-state index contributed by atoms with van der Waals surface area (Å²) in [4.78, 5) is 12.2. The number of carbonyl (C=O) groups excluding carboxylic acids is 1. The zero-order valence-corrected chi connectivity index (χ0v) is 24.1. The van der Waals surface area contributed by atoms with Crippen molar-refractivity contribution in [2.45, 2.75) is 128 Å². The molecule has 0 aromatic heterocycles. The topological polar surface area (TPSA) is 26.3 Å². The molecule has 0 aliphatic heterocycles. The van der Waals surface area contributed by atoms with E-state index in [2.05, 4.69) is 38.6 Å². The van der Waals surface area contributed by atoms with Gasteiger partial charge in [0.05, 0.1) is 6.61 Å². The van der Waals surface area contributed by atoms with Gasteiger partial charge in [-0.25, -0.2) is 0 Å². The van der Waals surface area contributed by atoms with Crippen LogP contribution >= 0.6 is 12.6 Å². The van der Waals surface area contributed by atoms with E-state index in [4.69, 9.17) is 4.74 Å². The van der Waals surface area contributed by atoms with Crippen molar-refractivity contribution in [2.75, 3.05) is 6.61 Å². The zero-order chi connectivity index (χ0) is 20.2. The molecule has 28 heavy (non-hydrogen) atoms. The maximum absolute atomic E-state index is 12.2. The van der Waals surface area contributed by atoms with Crippen molar-refractivity contribution in [1.29, 1.82) is 0 Å². The molecule has 0 aromatic rings. The van der Waals surface area contributed by atoms with E-state index in [0.717, 1.165) is 32.1 Å². The summed E-state index contributed by atoms with van der Waals surface area (Å²) < 4.78 is 4.79. The van der Waals surface area contributed by atoms with Gasteiger partial charge < -0.3 is 4.74 Å². The second-order valence-corrected chi connectivity index (χ2v) is 8.71. The van der Waals surface area contributed by atoms with Crippen LogP contribution in [0.15, 0.2) is 12.2 Å². The minimum absolute atomic E-state index is 0. The third kappa shape index (κ3) is 17.2. The summed E-state index contributed by atoms with van der Waals surface area (Å²) in [6.07, 6.45) is 23.7. The molecule has 1 atom stereocenters. The molecule has 0 rings (SSSR count). The maximum atomic E-state index is 12.2. The molecule has 0 heterocycles. The summed E-state index contributed by atoms with van der Waals surface area (Å²) in [6, 6.07) is 0. The Balaban J connectivity index is 0. The van der Waals surface area contributed by atoms with Gasteiger partial charge in [-0.3, -0.25) is 4.79 Å². The first-order chi connectivity index (χ1) is 13.1. The quantitative estimate of drug-likeness (QED) is 0.0646. The van der Waals surface area contributed by atoms with E-state index in [1.165, 1.54) is 70.6 Å². The van der Waals surface area contributed by atoms with Gasteiger partial charge in [0.1, 0.15) is 4.75 Å². The number of rotatable bonds is 19. The van der Waals surface area contributed by atoms with Crippen LogP contribution in [0.2, 0.25) is 0 Å². The van der Waals surface area contributed by atoms with Gasteiger partial charge in [0.25, 0.3) is 0 Å². The molecule has 0 fully saturated rings. The molecule has 0 bridgehead atoms. The van der Waals surface area contributed by atoms with E-state index in [1.54, 1.807) is 0 Å². The molecule has 0 saturated heterocycles. The van der Waals surface area contributed by atoms with E-state index in [-0.39, 0.29) is 29.9 Å². The number of unbranched alkanes of at least 4 members (excludes halogenated alkanes) is 11. The number of ether oxygens (including phenoxy) is 1. The monoisotopic (exact) mass is 520 g/mol. The van der Waals surface area contributed by atoms with Crippen molar-refractivity contribution in [3.8, 4) is 0 Å². The van der Waals surface area contributed by atoms with E-state index in [9.17, 15) is 4.79 Å². The Bertz CT molecular complexity index is 374. The molecule has 1 unspecified atom stereocenters. The average molecular weight is 519 g/mol. The van der Waals surface area contributed by atoms with Gasteiger partial charge in [-0.05, 0) is 44.9 Å². The second-order valence-electron chi connectivity index (χ2n) is 7.86.